The van der Waals surface area contributed by atoms with Crippen LogP contribution in [0.2, 0.25) is 0 Å². The third-order valence-electron chi connectivity index (χ3n) is 3.28. The van der Waals surface area contributed by atoms with Crippen LogP contribution in [0.3, 0.4) is 0 Å². The summed E-state index contributed by atoms with van der Waals surface area (Å²) in [5, 5.41) is 0. The van der Waals surface area contributed by atoms with Crippen molar-refractivity contribution in [2.75, 3.05) is 0 Å². The van der Waals surface area contributed by atoms with Gasteiger partial charge in [-0.05, 0) is 24.6 Å². The van der Waals surface area contributed by atoms with E-state index in [2.05, 4.69) is 71.1 Å². The van der Waals surface area contributed by atoms with Gasteiger partial charge < -0.3 is 29.0 Å². The molecule has 0 spiro atoms. The van der Waals surface area contributed by atoms with Gasteiger partial charge in [-0.25, -0.2) is 9.55 Å². The van der Waals surface area contributed by atoms with E-state index in [9.17, 15) is 0 Å². The molecule has 0 aliphatic carbocycles. The van der Waals surface area contributed by atoms with E-state index in [-0.39, 0.29) is 24.0 Å². The highest BCUT2D eigenvalue weighted by Gasteiger charge is 2.07. The van der Waals surface area contributed by atoms with E-state index >= 15 is 0 Å². The Morgan fingerprint density at radius 1 is 1.15 bits per heavy atom. The van der Waals surface area contributed by atoms with Gasteiger partial charge in [0.25, 0.3) is 0 Å². The number of imidazole rings is 1. The predicted molar refractivity (Wildman–Crippen MR) is 76.8 cm³/mol. The predicted octanol–water partition coefficient (Wildman–Crippen LogP) is 0.240. The first-order valence-corrected chi connectivity index (χ1v) is 6.72. The average Bonchev–Trinajstić information content (AvgIpc) is 2.83. The van der Waals surface area contributed by atoms with Crippen molar-refractivity contribution in [1.82, 2.24) is 9.97 Å². The molecule has 4 heteroatoms. The van der Waals surface area contributed by atoms with Gasteiger partial charge in [0, 0.05) is 24.1 Å². The third kappa shape index (κ3) is 3.00. The minimum atomic E-state index is 0. The van der Waals surface area contributed by atoms with Gasteiger partial charge in [-0.3, -0.25) is 0 Å². The lowest BCUT2D eigenvalue weighted by Crippen LogP contribution is -3.00. The zero-order valence-electron chi connectivity index (χ0n) is 11.7. The second kappa shape index (κ2) is 6.35. The number of rotatable bonds is 3. The molecule has 2 aromatic heterocycles. The number of fused-ring (bicyclic) bond motifs is 1. The van der Waals surface area contributed by atoms with Crippen LogP contribution in [0.5, 0.6) is 0 Å². The molecule has 0 fully saturated rings. The topological polar surface area (TPSA) is 32.6 Å². The summed E-state index contributed by atoms with van der Waals surface area (Å²) >= 11 is 0. The highest BCUT2D eigenvalue weighted by molar-refractivity contribution is 5.79. The Bertz CT molecular complexity index is 701. The number of pyridine rings is 1. The molecule has 1 N–H and O–H groups in total. The van der Waals surface area contributed by atoms with Gasteiger partial charge in [0.15, 0.2) is 12.4 Å². The van der Waals surface area contributed by atoms with Crippen molar-refractivity contribution in [1.29, 1.82) is 0 Å². The van der Waals surface area contributed by atoms with E-state index in [1.54, 1.807) is 0 Å². The number of hydrogen-bond acceptors (Lipinski definition) is 1. The zero-order chi connectivity index (χ0) is 13.2. The number of aromatic nitrogens is 3. The smallest absolute Gasteiger partial charge is 0.169 e. The summed E-state index contributed by atoms with van der Waals surface area (Å²) in [4.78, 5) is 8.02. The van der Waals surface area contributed by atoms with Gasteiger partial charge in [-0.1, -0.05) is 13.0 Å². The van der Waals surface area contributed by atoms with Crippen LogP contribution in [0.1, 0.15) is 18.9 Å². The molecule has 3 aromatic rings. The molecular weight excluding hydrogens is 361 g/mol. The Hall–Kier alpha value is -1.43. The van der Waals surface area contributed by atoms with Crippen molar-refractivity contribution in [3.63, 3.8) is 0 Å². The Balaban J connectivity index is 0.00000147. The second-order valence-electron chi connectivity index (χ2n) is 4.93. The zero-order valence-corrected chi connectivity index (χ0v) is 13.9. The molecule has 0 unspecified atom stereocenters. The molecular formula is C16H18IN3. The highest BCUT2D eigenvalue weighted by Crippen LogP contribution is 2.20. The monoisotopic (exact) mass is 379 g/mol. The van der Waals surface area contributed by atoms with Gasteiger partial charge >= 0.3 is 0 Å². The summed E-state index contributed by atoms with van der Waals surface area (Å²) in [6.45, 7) is 5.33. The molecule has 3 rings (SSSR count). The summed E-state index contributed by atoms with van der Waals surface area (Å²) in [5.41, 5.74) is 4.49. The summed E-state index contributed by atoms with van der Waals surface area (Å²) < 4.78 is 2.19. The van der Waals surface area contributed by atoms with Crippen molar-refractivity contribution in [2.45, 2.75) is 26.8 Å². The fourth-order valence-corrected chi connectivity index (χ4v) is 2.28. The first-order valence-electron chi connectivity index (χ1n) is 6.72. The van der Waals surface area contributed by atoms with Crippen LogP contribution in [-0.2, 0) is 6.54 Å². The molecule has 3 nitrogen and oxygen atoms in total. The number of nitrogens with one attached hydrogen (secondary N) is 1. The van der Waals surface area contributed by atoms with Crippen LogP contribution in [0, 0.1) is 6.92 Å². The lowest BCUT2D eigenvalue weighted by atomic mass is 10.2. The minimum Gasteiger partial charge on any atom is -1.00 e. The minimum absolute atomic E-state index is 0. The summed E-state index contributed by atoms with van der Waals surface area (Å²) in [5.74, 6) is 0.934. The van der Waals surface area contributed by atoms with E-state index in [1.807, 2.05) is 0 Å². The van der Waals surface area contributed by atoms with Crippen molar-refractivity contribution < 1.29 is 28.5 Å². The standard InChI is InChI=1S/C16H17N3.HI/c1-3-8-19-9-6-13(7-10-19)16-17-14-5-4-12(2)11-15(14)18-16;/h4-7,9-11H,3,8H2,1-2H3;1H. The molecule has 0 aliphatic heterocycles. The fourth-order valence-electron chi connectivity index (χ4n) is 2.28. The third-order valence-corrected chi connectivity index (χ3v) is 3.28. The molecule has 20 heavy (non-hydrogen) atoms. The maximum atomic E-state index is 4.63. The van der Waals surface area contributed by atoms with E-state index in [0.717, 1.165) is 35.4 Å². The maximum absolute atomic E-state index is 4.63. The van der Waals surface area contributed by atoms with Gasteiger partial charge in [0.05, 0.1) is 11.0 Å². The van der Waals surface area contributed by atoms with Crippen molar-refractivity contribution in [3.05, 3.63) is 48.3 Å². The second-order valence-corrected chi connectivity index (χ2v) is 4.93. The number of H-pyrrole nitrogens is 1. The molecule has 0 aliphatic rings. The number of aromatic amines is 1. The lowest BCUT2D eigenvalue weighted by molar-refractivity contribution is -0.696. The molecule has 0 radical (unpaired) electrons. The Morgan fingerprint density at radius 3 is 2.60 bits per heavy atom. The Labute approximate surface area is 136 Å². The van der Waals surface area contributed by atoms with E-state index in [0.29, 0.717) is 0 Å². The molecule has 0 bridgehead atoms. The van der Waals surface area contributed by atoms with Crippen LogP contribution in [-0.4, -0.2) is 9.97 Å². The number of halogens is 1. The molecule has 0 atom stereocenters. The molecule has 0 saturated carbocycles. The number of hydrogen-bond donors (Lipinski definition) is 1. The van der Waals surface area contributed by atoms with E-state index in [1.165, 1.54) is 5.56 Å². The van der Waals surface area contributed by atoms with Crippen molar-refractivity contribution in [2.24, 2.45) is 0 Å². The quantitative estimate of drug-likeness (QED) is 0.513. The summed E-state index contributed by atoms with van der Waals surface area (Å²) in [6.07, 6.45) is 5.36. The van der Waals surface area contributed by atoms with Crippen LogP contribution in [0.15, 0.2) is 42.7 Å². The Kier molecular flexibility index (Phi) is 4.75. The van der Waals surface area contributed by atoms with Crippen LogP contribution < -0.4 is 28.5 Å². The van der Waals surface area contributed by atoms with Gasteiger partial charge in [0.1, 0.15) is 12.4 Å². The van der Waals surface area contributed by atoms with Gasteiger partial charge in [-0.2, -0.15) is 0 Å². The summed E-state index contributed by atoms with van der Waals surface area (Å²) in [7, 11) is 0. The Morgan fingerprint density at radius 2 is 1.90 bits per heavy atom. The number of benzene rings is 1. The first-order chi connectivity index (χ1) is 9.26. The highest BCUT2D eigenvalue weighted by atomic mass is 127. The largest absolute Gasteiger partial charge is 1.00 e. The lowest BCUT2D eigenvalue weighted by Gasteiger charge is -1.96. The molecule has 1 aromatic carbocycles. The molecule has 104 valence electrons. The maximum Gasteiger partial charge on any atom is 0.169 e. The fraction of sp³-hybridized carbons (Fsp3) is 0.250. The average molecular weight is 379 g/mol. The van der Waals surface area contributed by atoms with Crippen LogP contribution >= 0.6 is 0 Å². The normalized spacial score (nSPS) is 10.5. The number of aryl methyl sites for hydroxylation is 2. The van der Waals surface area contributed by atoms with Crippen LogP contribution in [0.4, 0.5) is 0 Å². The van der Waals surface area contributed by atoms with Crippen molar-refractivity contribution >= 4 is 11.0 Å². The molecule has 0 saturated heterocycles. The van der Waals surface area contributed by atoms with Gasteiger partial charge in [-0.15, -0.1) is 0 Å². The van der Waals surface area contributed by atoms with E-state index < -0.39 is 0 Å². The number of nitrogens with zero attached hydrogens (tertiary/aromatic N) is 2. The SMILES string of the molecule is CCC[n+]1ccc(-c2nc3ccc(C)cc3[nH]2)cc1.[I-]. The van der Waals surface area contributed by atoms with Crippen molar-refractivity contribution in [3.8, 4) is 11.4 Å². The van der Waals surface area contributed by atoms with E-state index in [4.69, 9.17) is 0 Å². The molecule has 0 amide bonds. The van der Waals surface area contributed by atoms with Crippen LogP contribution in [0.25, 0.3) is 22.4 Å². The molecule has 2 heterocycles. The van der Waals surface area contributed by atoms with Gasteiger partial charge in [0.2, 0.25) is 0 Å². The first kappa shape index (κ1) is 15.0. The summed E-state index contributed by atoms with van der Waals surface area (Å²) in [6, 6.07) is 10.5.